The molecule has 0 aliphatic heterocycles. The summed E-state index contributed by atoms with van der Waals surface area (Å²) in [4.78, 5) is 24.5. The van der Waals surface area contributed by atoms with Crippen LogP contribution in [0.3, 0.4) is 0 Å². The van der Waals surface area contributed by atoms with Crippen molar-refractivity contribution >= 4 is 56.5 Å². The molecule has 3 aromatic rings. The number of benzene rings is 3. The standard InChI is InChI=1S/C24H22Cl2N2O5S/c1-3-33-24(30)18-8-13-22(21(26)14-18)27-23(29)17-6-11-20(12-7-17)28(34(2,31)32)15-16-4-9-19(25)10-5-16/h4-14H,3,15H2,1-2H3,(H,27,29). The Morgan fingerprint density at radius 1 is 0.941 bits per heavy atom. The van der Waals surface area contributed by atoms with Crippen LogP contribution in [0.2, 0.25) is 10.0 Å². The minimum Gasteiger partial charge on any atom is -0.462 e. The summed E-state index contributed by atoms with van der Waals surface area (Å²) < 4.78 is 31.0. The highest BCUT2D eigenvalue weighted by Crippen LogP contribution is 2.26. The Morgan fingerprint density at radius 2 is 1.56 bits per heavy atom. The summed E-state index contributed by atoms with van der Waals surface area (Å²) in [6, 6.07) is 17.5. The molecule has 0 radical (unpaired) electrons. The van der Waals surface area contributed by atoms with E-state index in [1.807, 2.05) is 0 Å². The maximum Gasteiger partial charge on any atom is 0.338 e. The average molecular weight is 521 g/mol. The molecule has 0 bridgehead atoms. The summed E-state index contributed by atoms with van der Waals surface area (Å²) >= 11 is 12.1. The van der Waals surface area contributed by atoms with Gasteiger partial charge in [-0.3, -0.25) is 9.10 Å². The van der Waals surface area contributed by atoms with E-state index >= 15 is 0 Å². The number of anilines is 2. The molecule has 0 atom stereocenters. The van der Waals surface area contributed by atoms with Gasteiger partial charge in [0.2, 0.25) is 10.0 Å². The number of nitrogens with zero attached hydrogens (tertiary/aromatic N) is 1. The molecule has 3 rings (SSSR count). The molecule has 0 aliphatic carbocycles. The van der Waals surface area contributed by atoms with Gasteiger partial charge < -0.3 is 10.1 Å². The van der Waals surface area contributed by atoms with Gasteiger partial charge in [-0.1, -0.05) is 35.3 Å². The minimum atomic E-state index is -3.58. The summed E-state index contributed by atoms with van der Waals surface area (Å²) in [6.45, 7) is 2.05. The molecule has 3 aromatic carbocycles. The van der Waals surface area contributed by atoms with Crippen molar-refractivity contribution < 1.29 is 22.7 Å². The zero-order valence-corrected chi connectivity index (χ0v) is 20.7. The third-order valence-electron chi connectivity index (χ3n) is 4.79. The molecular weight excluding hydrogens is 499 g/mol. The Morgan fingerprint density at radius 3 is 2.12 bits per heavy atom. The van der Waals surface area contributed by atoms with Crippen LogP contribution in [-0.4, -0.2) is 33.2 Å². The lowest BCUT2D eigenvalue weighted by Crippen LogP contribution is -2.29. The van der Waals surface area contributed by atoms with Gasteiger partial charge in [0.15, 0.2) is 0 Å². The fourth-order valence-corrected chi connectivity index (χ4v) is 4.33. The van der Waals surface area contributed by atoms with Gasteiger partial charge in [0.25, 0.3) is 5.91 Å². The second kappa shape index (κ2) is 10.9. The van der Waals surface area contributed by atoms with Crippen molar-refractivity contribution in [2.24, 2.45) is 0 Å². The van der Waals surface area contributed by atoms with E-state index in [0.29, 0.717) is 22.0 Å². The number of hydrogen-bond donors (Lipinski definition) is 1. The van der Waals surface area contributed by atoms with Crippen molar-refractivity contribution in [2.75, 3.05) is 22.5 Å². The van der Waals surface area contributed by atoms with E-state index in [1.54, 1.807) is 43.3 Å². The lowest BCUT2D eigenvalue weighted by atomic mass is 10.1. The van der Waals surface area contributed by atoms with Crippen LogP contribution >= 0.6 is 23.2 Å². The van der Waals surface area contributed by atoms with E-state index in [2.05, 4.69) is 5.32 Å². The number of ether oxygens (including phenoxy) is 1. The molecule has 178 valence electrons. The summed E-state index contributed by atoms with van der Waals surface area (Å²) in [5.41, 5.74) is 2.07. The van der Waals surface area contributed by atoms with Crippen molar-refractivity contribution in [1.29, 1.82) is 0 Å². The topological polar surface area (TPSA) is 92.8 Å². The number of amides is 1. The molecule has 10 heteroatoms. The van der Waals surface area contributed by atoms with Crippen LogP contribution in [0.25, 0.3) is 0 Å². The van der Waals surface area contributed by atoms with Gasteiger partial charge in [0.1, 0.15) is 0 Å². The first-order chi connectivity index (χ1) is 16.1. The first-order valence-electron chi connectivity index (χ1n) is 10.2. The molecule has 34 heavy (non-hydrogen) atoms. The molecule has 0 saturated heterocycles. The van der Waals surface area contributed by atoms with Crippen LogP contribution in [0.1, 0.15) is 33.2 Å². The smallest absolute Gasteiger partial charge is 0.338 e. The first kappa shape index (κ1) is 25.6. The number of sulfonamides is 1. The second-order valence-electron chi connectivity index (χ2n) is 7.31. The molecule has 7 nitrogen and oxygen atoms in total. The van der Waals surface area contributed by atoms with E-state index in [4.69, 9.17) is 27.9 Å². The number of nitrogens with one attached hydrogen (secondary N) is 1. The SMILES string of the molecule is CCOC(=O)c1ccc(NC(=O)c2ccc(N(Cc3ccc(Cl)cc3)S(C)(=O)=O)cc2)c(Cl)c1. The maximum atomic E-state index is 12.7. The lowest BCUT2D eigenvalue weighted by molar-refractivity contribution is 0.0526. The van der Waals surface area contributed by atoms with E-state index in [-0.39, 0.29) is 23.7 Å². The summed E-state index contributed by atoms with van der Waals surface area (Å²) in [5.74, 6) is -0.951. The first-order valence-corrected chi connectivity index (χ1v) is 12.8. The molecule has 1 N–H and O–H groups in total. The largest absolute Gasteiger partial charge is 0.462 e. The van der Waals surface area contributed by atoms with E-state index in [0.717, 1.165) is 11.8 Å². The molecule has 0 unspecified atom stereocenters. The van der Waals surface area contributed by atoms with Gasteiger partial charge in [-0.15, -0.1) is 0 Å². The van der Waals surface area contributed by atoms with Crippen LogP contribution < -0.4 is 9.62 Å². The predicted octanol–water partition coefficient (Wildman–Crippen LogP) is 5.39. The summed E-state index contributed by atoms with van der Waals surface area (Å²) in [6.07, 6.45) is 1.12. The summed E-state index contributed by atoms with van der Waals surface area (Å²) in [5, 5.41) is 3.42. The molecule has 1 amide bonds. The molecule has 0 heterocycles. The highest BCUT2D eigenvalue weighted by Gasteiger charge is 2.19. The van der Waals surface area contributed by atoms with Crippen molar-refractivity contribution in [3.63, 3.8) is 0 Å². The van der Waals surface area contributed by atoms with Crippen LogP contribution in [0.5, 0.6) is 0 Å². The van der Waals surface area contributed by atoms with Crippen molar-refractivity contribution in [1.82, 2.24) is 0 Å². The molecule has 0 aliphatic rings. The summed E-state index contributed by atoms with van der Waals surface area (Å²) in [7, 11) is -3.58. The Hall–Kier alpha value is -3.07. The van der Waals surface area contributed by atoms with Gasteiger partial charge in [-0.2, -0.15) is 0 Å². The number of hydrogen-bond acceptors (Lipinski definition) is 5. The predicted molar refractivity (Wildman–Crippen MR) is 134 cm³/mol. The van der Waals surface area contributed by atoms with E-state index < -0.39 is 21.9 Å². The van der Waals surface area contributed by atoms with Crippen molar-refractivity contribution in [3.05, 3.63) is 93.5 Å². The van der Waals surface area contributed by atoms with Gasteiger partial charge in [0, 0.05) is 10.6 Å². The Balaban J connectivity index is 1.76. The van der Waals surface area contributed by atoms with Crippen LogP contribution in [0, 0.1) is 0 Å². The molecule has 0 spiro atoms. The number of halogens is 2. The highest BCUT2D eigenvalue weighted by molar-refractivity contribution is 7.92. The Kier molecular flexibility index (Phi) is 8.19. The molecular formula is C24H22Cl2N2O5S. The average Bonchev–Trinajstić information content (AvgIpc) is 2.79. The highest BCUT2D eigenvalue weighted by atomic mass is 35.5. The number of esters is 1. The maximum absolute atomic E-state index is 12.7. The number of rotatable bonds is 8. The zero-order valence-electron chi connectivity index (χ0n) is 18.4. The van der Waals surface area contributed by atoms with Gasteiger partial charge >= 0.3 is 5.97 Å². The van der Waals surface area contributed by atoms with Crippen LogP contribution in [-0.2, 0) is 21.3 Å². The van der Waals surface area contributed by atoms with Crippen molar-refractivity contribution in [2.45, 2.75) is 13.5 Å². The number of carbonyl (C=O) groups is 2. The fraction of sp³-hybridized carbons (Fsp3) is 0.167. The third kappa shape index (κ3) is 6.50. The lowest BCUT2D eigenvalue weighted by Gasteiger charge is -2.23. The van der Waals surface area contributed by atoms with Crippen molar-refractivity contribution in [3.8, 4) is 0 Å². The van der Waals surface area contributed by atoms with E-state index in [9.17, 15) is 18.0 Å². The quantitative estimate of drug-likeness (QED) is 0.402. The van der Waals surface area contributed by atoms with Crippen LogP contribution in [0.4, 0.5) is 11.4 Å². The zero-order chi connectivity index (χ0) is 24.9. The second-order valence-corrected chi connectivity index (χ2v) is 10.1. The number of carbonyl (C=O) groups excluding carboxylic acids is 2. The Labute approximate surface area is 208 Å². The normalized spacial score (nSPS) is 11.1. The third-order valence-corrected chi connectivity index (χ3v) is 6.49. The van der Waals surface area contributed by atoms with E-state index in [1.165, 1.54) is 34.6 Å². The Bertz CT molecular complexity index is 1290. The minimum absolute atomic E-state index is 0.115. The molecule has 0 aromatic heterocycles. The van der Waals surface area contributed by atoms with Gasteiger partial charge in [-0.05, 0) is 67.1 Å². The van der Waals surface area contributed by atoms with Crippen LogP contribution in [0.15, 0.2) is 66.7 Å². The monoisotopic (exact) mass is 520 g/mol. The van der Waals surface area contributed by atoms with Gasteiger partial charge in [0.05, 0.1) is 41.4 Å². The fourth-order valence-electron chi connectivity index (χ4n) is 3.09. The molecule has 0 saturated carbocycles. The molecule has 0 fully saturated rings. The van der Waals surface area contributed by atoms with Gasteiger partial charge in [-0.25, -0.2) is 13.2 Å².